The zero-order chi connectivity index (χ0) is 20.4. The Morgan fingerprint density at radius 3 is 2.59 bits per heavy atom. The highest BCUT2D eigenvalue weighted by atomic mass is 32.2. The van der Waals surface area contributed by atoms with Gasteiger partial charge in [-0.05, 0) is 55.8 Å². The topological polar surface area (TPSA) is 75.1 Å². The van der Waals surface area contributed by atoms with Crippen LogP contribution in [0.5, 0.6) is 0 Å². The van der Waals surface area contributed by atoms with Gasteiger partial charge < -0.3 is 10.4 Å². The molecule has 2 aromatic heterocycles. The number of aromatic carboxylic acids is 1. The molecular formula is C23H19N3O2S. The summed E-state index contributed by atoms with van der Waals surface area (Å²) in [6.07, 6.45) is 1.36. The number of rotatable bonds is 5. The molecule has 2 N–H and O–H groups in total. The number of benzene rings is 2. The van der Waals surface area contributed by atoms with Gasteiger partial charge in [0.1, 0.15) is 5.56 Å². The van der Waals surface area contributed by atoms with Gasteiger partial charge in [-0.2, -0.15) is 0 Å². The number of aromatic nitrogens is 2. The van der Waals surface area contributed by atoms with E-state index < -0.39 is 5.97 Å². The molecule has 0 atom stereocenters. The highest BCUT2D eigenvalue weighted by molar-refractivity contribution is 7.99. The van der Waals surface area contributed by atoms with Crippen LogP contribution < -0.4 is 5.32 Å². The lowest BCUT2D eigenvalue weighted by Crippen LogP contribution is -2.06. The number of anilines is 2. The molecule has 144 valence electrons. The summed E-state index contributed by atoms with van der Waals surface area (Å²) in [4.78, 5) is 22.6. The molecule has 0 aliphatic carbocycles. The van der Waals surface area contributed by atoms with Crippen molar-refractivity contribution in [2.75, 3.05) is 5.32 Å². The number of fused-ring (bicyclic) bond motifs is 1. The number of carboxylic acids is 1. The Balaban J connectivity index is 1.83. The van der Waals surface area contributed by atoms with E-state index in [2.05, 4.69) is 15.3 Å². The molecule has 29 heavy (non-hydrogen) atoms. The third-order valence-corrected chi connectivity index (χ3v) is 5.55. The first kappa shape index (κ1) is 19.0. The SMILES string of the molecule is Cc1ccc(Sc2ccccc2)c(Nc2c(C(=O)O)cnc3nc(C)ccc23)c1. The van der Waals surface area contributed by atoms with E-state index in [1.165, 1.54) is 6.20 Å². The minimum absolute atomic E-state index is 0.111. The van der Waals surface area contributed by atoms with Crippen LogP contribution in [0.25, 0.3) is 11.0 Å². The molecule has 0 saturated heterocycles. The number of pyridine rings is 2. The maximum atomic E-state index is 11.9. The Bertz CT molecular complexity index is 1210. The molecule has 4 rings (SSSR count). The first-order chi connectivity index (χ1) is 14.0. The van der Waals surface area contributed by atoms with Crippen LogP contribution in [0.1, 0.15) is 21.6 Å². The molecular weight excluding hydrogens is 382 g/mol. The first-order valence-corrected chi connectivity index (χ1v) is 9.93. The molecule has 2 aromatic carbocycles. The lowest BCUT2D eigenvalue weighted by molar-refractivity contribution is 0.0697. The van der Waals surface area contributed by atoms with Crippen molar-refractivity contribution in [1.29, 1.82) is 0 Å². The smallest absolute Gasteiger partial charge is 0.339 e. The van der Waals surface area contributed by atoms with Gasteiger partial charge in [-0.15, -0.1) is 0 Å². The first-order valence-electron chi connectivity index (χ1n) is 9.11. The van der Waals surface area contributed by atoms with Crippen LogP contribution >= 0.6 is 11.8 Å². The van der Waals surface area contributed by atoms with Gasteiger partial charge in [0.2, 0.25) is 0 Å². The van der Waals surface area contributed by atoms with Crippen molar-refractivity contribution in [3.63, 3.8) is 0 Å². The summed E-state index contributed by atoms with van der Waals surface area (Å²) in [7, 11) is 0. The van der Waals surface area contributed by atoms with Crippen LogP contribution in [-0.2, 0) is 0 Å². The van der Waals surface area contributed by atoms with Crippen LogP contribution in [0.2, 0.25) is 0 Å². The molecule has 6 heteroatoms. The highest BCUT2D eigenvalue weighted by Gasteiger charge is 2.17. The molecule has 0 bridgehead atoms. The Labute approximate surface area is 172 Å². The fourth-order valence-corrected chi connectivity index (χ4v) is 3.95. The predicted molar refractivity (Wildman–Crippen MR) is 116 cm³/mol. The maximum absolute atomic E-state index is 11.9. The molecule has 4 aromatic rings. The second-order valence-corrected chi connectivity index (χ2v) is 7.83. The van der Waals surface area contributed by atoms with Gasteiger partial charge in [-0.1, -0.05) is 36.0 Å². The molecule has 0 aliphatic rings. The van der Waals surface area contributed by atoms with E-state index in [4.69, 9.17) is 0 Å². The molecule has 2 heterocycles. The average Bonchev–Trinajstić information content (AvgIpc) is 2.70. The fraction of sp³-hybridized carbons (Fsp3) is 0.0870. The lowest BCUT2D eigenvalue weighted by atomic mass is 10.1. The number of nitrogens with zero attached hydrogens (tertiary/aromatic N) is 2. The number of hydrogen-bond donors (Lipinski definition) is 2. The van der Waals surface area contributed by atoms with E-state index in [-0.39, 0.29) is 5.56 Å². The second kappa shape index (κ2) is 7.93. The van der Waals surface area contributed by atoms with E-state index in [9.17, 15) is 9.90 Å². The van der Waals surface area contributed by atoms with E-state index >= 15 is 0 Å². The molecule has 0 amide bonds. The second-order valence-electron chi connectivity index (χ2n) is 6.72. The predicted octanol–water partition coefficient (Wildman–Crippen LogP) is 5.84. The van der Waals surface area contributed by atoms with Crippen molar-refractivity contribution in [2.45, 2.75) is 23.6 Å². The zero-order valence-corrected chi connectivity index (χ0v) is 16.8. The third kappa shape index (κ3) is 4.07. The van der Waals surface area contributed by atoms with Gasteiger partial charge in [0.05, 0.1) is 11.4 Å². The van der Waals surface area contributed by atoms with E-state index in [1.54, 1.807) is 11.8 Å². The van der Waals surface area contributed by atoms with E-state index in [0.29, 0.717) is 16.7 Å². The summed E-state index contributed by atoms with van der Waals surface area (Å²) in [6.45, 7) is 3.89. The summed E-state index contributed by atoms with van der Waals surface area (Å²) in [5.74, 6) is -1.03. The summed E-state index contributed by atoms with van der Waals surface area (Å²) >= 11 is 1.62. The Morgan fingerprint density at radius 2 is 1.83 bits per heavy atom. The molecule has 0 radical (unpaired) electrons. The summed E-state index contributed by atoms with van der Waals surface area (Å²) in [6, 6.07) is 19.9. The van der Waals surface area contributed by atoms with Gasteiger partial charge in [-0.25, -0.2) is 14.8 Å². The third-order valence-electron chi connectivity index (χ3n) is 4.47. The minimum Gasteiger partial charge on any atom is -0.478 e. The zero-order valence-electron chi connectivity index (χ0n) is 16.0. The number of aryl methyl sites for hydroxylation is 2. The van der Waals surface area contributed by atoms with Crippen LogP contribution in [0.4, 0.5) is 11.4 Å². The standard InChI is InChI=1S/C23H19N3O2S/c1-14-8-11-20(29-16-6-4-3-5-7-16)19(12-14)26-21-17-10-9-15(2)25-22(17)24-13-18(21)23(27)28/h3-13H,1-2H3,(H,27,28)(H,24,25,26). The van der Waals surface area contributed by atoms with Gasteiger partial charge in [0.25, 0.3) is 0 Å². The fourth-order valence-electron chi connectivity index (χ4n) is 3.05. The van der Waals surface area contributed by atoms with Crippen molar-refractivity contribution in [3.8, 4) is 0 Å². The monoisotopic (exact) mass is 401 g/mol. The van der Waals surface area contributed by atoms with Crippen LogP contribution in [0, 0.1) is 13.8 Å². The van der Waals surface area contributed by atoms with Crippen molar-refractivity contribution in [2.24, 2.45) is 0 Å². The molecule has 0 aliphatic heterocycles. The van der Waals surface area contributed by atoms with E-state index in [0.717, 1.165) is 26.7 Å². The average molecular weight is 401 g/mol. The Hall–Kier alpha value is -3.38. The quantitative estimate of drug-likeness (QED) is 0.438. The number of carboxylic acid groups (broad SMARTS) is 1. The summed E-state index contributed by atoms with van der Waals surface area (Å²) in [5.41, 5.74) is 3.87. The molecule has 0 spiro atoms. The molecule has 0 fully saturated rings. The van der Waals surface area contributed by atoms with Gasteiger partial charge in [0, 0.05) is 27.1 Å². The van der Waals surface area contributed by atoms with Crippen molar-refractivity contribution < 1.29 is 9.90 Å². The van der Waals surface area contributed by atoms with Crippen molar-refractivity contribution in [3.05, 3.63) is 83.7 Å². The highest BCUT2D eigenvalue weighted by Crippen LogP contribution is 2.37. The van der Waals surface area contributed by atoms with Gasteiger partial charge in [0.15, 0.2) is 5.65 Å². The largest absolute Gasteiger partial charge is 0.478 e. The maximum Gasteiger partial charge on any atom is 0.339 e. The summed E-state index contributed by atoms with van der Waals surface area (Å²) < 4.78 is 0. The normalized spacial score (nSPS) is 10.8. The molecule has 0 saturated carbocycles. The molecule has 0 unspecified atom stereocenters. The number of hydrogen-bond acceptors (Lipinski definition) is 5. The van der Waals surface area contributed by atoms with E-state index in [1.807, 2.05) is 74.5 Å². The Morgan fingerprint density at radius 1 is 1.03 bits per heavy atom. The van der Waals surface area contributed by atoms with Gasteiger partial charge >= 0.3 is 5.97 Å². The van der Waals surface area contributed by atoms with Crippen molar-refractivity contribution in [1.82, 2.24) is 9.97 Å². The van der Waals surface area contributed by atoms with Crippen molar-refractivity contribution >= 4 is 40.1 Å². The van der Waals surface area contributed by atoms with Crippen LogP contribution in [0.3, 0.4) is 0 Å². The van der Waals surface area contributed by atoms with Crippen LogP contribution in [0.15, 0.2) is 76.7 Å². The Kier molecular flexibility index (Phi) is 5.18. The van der Waals surface area contributed by atoms with Gasteiger partial charge in [-0.3, -0.25) is 0 Å². The van der Waals surface area contributed by atoms with Crippen LogP contribution in [-0.4, -0.2) is 21.0 Å². The number of carbonyl (C=O) groups is 1. The minimum atomic E-state index is -1.03. The molecule has 5 nitrogen and oxygen atoms in total. The number of nitrogens with one attached hydrogen (secondary N) is 1. The lowest BCUT2D eigenvalue weighted by Gasteiger charge is -2.16. The summed E-state index contributed by atoms with van der Waals surface area (Å²) in [5, 5.41) is 13.7.